The predicted molar refractivity (Wildman–Crippen MR) is 91.1 cm³/mol. The van der Waals surface area contributed by atoms with Crippen molar-refractivity contribution in [3.63, 3.8) is 0 Å². The van der Waals surface area contributed by atoms with Crippen molar-refractivity contribution < 1.29 is 4.39 Å². The molecule has 1 heterocycles. The Balaban J connectivity index is 1.72. The molecule has 22 heavy (non-hydrogen) atoms. The molecule has 1 fully saturated rings. The van der Waals surface area contributed by atoms with Crippen molar-refractivity contribution in [2.24, 2.45) is 11.7 Å². The molecule has 0 spiro atoms. The zero-order valence-electron chi connectivity index (χ0n) is 12.4. The standard InChI is InChI=1S/C18H20BrFN2/c19-17-7-6-13(8-18(17)20)10-22-11-15(9-21)16(12-22)14-4-2-1-3-5-14/h1-8,15-16H,9-12,21H2/t15-,16+/m1/s1. The first-order valence-electron chi connectivity index (χ1n) is 7.58. The molecule has 0 amide bonds. The number of likely N-dealkylation sites (tertiary alicyclic amines) is 1. The van der Waals surface area contributed by atoms with E-state index >= 15 is 0 Å². The highest BCUT2D eigenvalue weighted by Crippen LogP contribution is 2.33. The van der Waals surface area contributed by atoms with E-state index in [-0.39, 0.29) is 5.82 Å². The maximum atomic E-state index is 13.7. The lowest BCUT2D eigenvalue weighted by atomic mass is 9.89. The molecule has 0 unspecified atom stereocenters. The highest BCUT2D eigenvalue weighted by molar-refractivity contribution is 9.10. The Kier molecular flexibility index (Phi) is 4.91. The van der Waals surface area contributed by atoms with E-state index in [2.05, 4.69) is 45.1 Å². The number of halogens is 2. The van der Waals surface area contributed by atoms with Gasteiger partial charge in [-0.2, -0.15) is 0 Å². The van der Waals surface area contributed by atoms with Crippen LogP contribution in [0.1, 0.15) is 17.0 Å². The van der Waals surface area contributed by atoms with Gasteiger partial charge in [-0.25, -0.2) is 4.39 Å². The van der Waals surface area contributed by atoms with Crippen molar-refractivity contribution in [1.29, 1.82) is 0 Å². The minimum Gasteiger partial charge on any atom is -0.330 e. The third-order valence-corrected chi connectivity index (χ3v) is 5.08. The summed E-state index contributed by atoms with van der Waals surface area (Å²) >= 11 is 3.20. The third kappa shape index (κ3) is 3.40. The highest BCUT2D eigenvalue weighted by Gasteiger charge is 2.32. The summed E-state index contributed by atoms with van der Waals surface area (Å²) < 4.78 is 14.2. The molecule has 2 atom stereocenters. The van der Waals surface area contributed by atoms with Crippen LogP contribution in [0.3, 0.4) is 0 Å². The van der Waals surface area contributed by atoms with Crippen molar-refractivity contribution in [1.82, 2.24) is 4.90 Å². The first-order valence-corrected chi connectivity index (χ1v) is 8.38. The molecule has 1 aliphatic heterocycles. The summed E-state index contributed by atoms with van der Waals surface area (Å²) in [7, 11) is 0. The summed E-state index contributed by atoms with van der Waals surface area (Å²) in [4.78, 5) is 2.37. The molecule has 2 aromatic rings. The molecule has 0 radical (unpaired) electrons. The second-order valence-electron chi connectivity index (χ2n) is 5.96. The molecular formula is C18H20BrFN2. The van der Waals surface area contributed by atoms with E-state index in [4.69, 9.17) is 5.73 Å². The van der Waals surface area contributed by atoms with E-state index in [1.54, 1.807) is 12.1 Å². The van der Waals surface area contributed by atoms with Gasteiger partial charge in [-0.1, -0.05) is 36.4 Å². The Morgan fingerprint density at radius 1 is 1.14 bits per heavy atom. The molecule has 2 nitrogen and oxygen atoms in total. The van der Waals surface area contributed by atoms with Gasteiger partial charge in [0.15, 0.2) is 0 Å². The Hall–Kier alpha value is -1.23. The van der Waals surface area contributed by atoms with Crippen LogP contribution in [0.15, 0.2) is 53.0 Å². The summed E-state index contributed by atoms with van der Waals surface area (Å²) in [5, 5.41) is 0. The van der Waals surface area contributed by atoms with Crippen LogP contribution in [0.4, 0.5) is 4.39 Å². The molecule has 2 aromatic carbocycles. The largest absolute Gasteiger partial charge is 0.330 e. The molecule has 3 rings (SSSR count). The van der Waals surface area contributed by atoms with Gasteiger partial charge in [0.2, 0.25) is 0 Å². The van der Waals surface area contributed by atoms with Crippen LogP contribution in [-0.4, -0.2) is 24.5 Å². The summed E-state index contributed by atoms with van der Waals surface area (Å²) in [5.74, 6) is 0.723. The summed E-state index contributed by atoms with van der Waals surface area (Å²) in [6, 6.07) is 15.9. The van der Waals surface area contributed by atoms with Crippen molar-refractivity contribution in [3.05, 3.63) is 69.9 Å². The molecule has 0 aliphatic carbocycles. The molecule has 0 aromatic heterocycles. The molecule has 0 bridgehead atoms. The van der Waals surface area contributed by atoms with E-state index in [0.717, 1.165) is 25.2 Å². The van der Waals surface area contributed by atoms with Gasteiger partial charge >= 0.3 is 0 Å². The Morgan fingerprint density at radius 3 is 2.59 bits per heavy atom. The fraction of sp³-hybridized carbons (Fsp3) is 0.333. The Bertz CT molecular complexity index is 632. The molecule has 116 valence electrons. The lowest BCUT2D eigenvalue weighted by Crippen LogP contribution is -2.23. The average Bonchev–Trinajstić information content (AvgIpc) is 2.95. The van der Waals surface area contributed by atoms with Crippen LogP contribution in [0.5, 0.6) is 0 Å². The molecular weight excluding hydrogens is 343 g/mol. The van der Waals surface area contributed by atoms with Gasteiger partial charge in [0.25, 0.3) is 0 Å². The minimum atomic E-state index is -0.202. The van der Waals surface area contributed by atoms with E-state index in [1.807, 2.05) is 12.1 Å². The first-order chi connectivity index (χ1) is 10.7. The van der Waals surface area contributed by atoms with Gasteiger partial charge < -0.3 is 5.73 Å². The number of hydrogen-bond donors (Lipinski definition) is 1. The molecule has 2 N–H and O–H groups in total. The monoisotopic (exact) mass is 362 g/mol. The quantitative estimate of drug-likeness (QED) is 0.896. The predicted octanol–water partition coefficient (Wildman–Crippen LogP) is 3.76. The number of nitrogens with two attached hydrogens (primary N) is 1. The van der Waals surface area contributed by atoms with Gasteiger partial charge in [-0.3, -0.25) is 4.90 Å². The zero-order valence-corrected chi connectivity index (χ0v) is 14.0. The van der Waals surface area contributed by atoms with Gasteiger partial charge in [0, 0.05) is 25.6 Å². The van der Waals surface area contributed by atoms with E-state index in [1.165, 1.54) is 5.56 Å². The molecule has 0 saturated carbocycles. The van der Waals surface area contributed by atoms with Gasteiger partial charge in [-0.15, -0.1) is 0 Å². The first kappa shape index (κ1) is 15.7. The maximum Gasteiger partial charge on any atom is 0.137 e. The average molecular weight is 363 g/mol. The SMILES string of the molecule is NC[C@@H]1CN(Cc2ccc(Br)c(F)c2)C[C@H]1c1ccccc1. The second kappa shape index (κ2) is 6.90. The number of hydrogen-bond acceptors (Lipinski definition) is 2. The summed E-state index contributed by atoms with van der Waals surface area (Å²) in [5.41, 5.74) is 8.32. The van der Waals surface area contributed by atoms with Crippen molar-refractivity contribution in [2.75, 3.05) is 19.6 Å². The maximum absolute atomic E-state index is 13.7. The lowest BCUT2D eigenvalue weighted by Gasteiger charge is -2.17. The van der Waals surface area contributed by atoms with E-state index in [9.17, 15) is 4.39 Å². The third-order valence-electron chi connectivity index (χ3n) is 4.44. The lowest BCUT2D eigenvalue weighted by molar-refractivity contribution is 0.316. The molecule has 1 aliphatic rings. The van der Waals surface area contributed by atoms with Gasteiger partial charge in [0.1, 0.15) is 5.82 Å². The van der Waals surface area contributed by atoms with Crippen molar-refractivity contribution in [3.8, 4) is 0 Å². The highest BCUT2D eigenvalue weighted by atomic mass is 79.9. The summed E-state index contributed by atoms with van der Waals surface area (Å²) in [6.45, 7) is 3.39. The van der Waals surface area contributed by atoms with Gasteiger partial charge in [-0.05, 0) is 51.7 Å². The van der Waals surface area contributed by atoms with Crippen LogP contribution in [0.2, 0.25) is 0 Å². The van der Waals surface area contributed by atoms with E-state index in [0.29, 0.717) is 22.9 Å². The fourth-order valence-corrected chi connectivity index (χ4v) is 3.55. The molecule has 4 heteroatoms. The van der Waals surface area contributed by atoms with Gasteiger partial charge in [0.05, 0.1) is 4.47 Å². The summed E-state index contributed by atoms with van der Waals surface area (Å²) in [6.07, 6.45) is 0. The number of nitrogens with zero attached hydrogens (tertiary/aromatic N) is 1. The van der Waals surface area contributed by atoms with Crippen LogP contribution in [0, 0.1) is 11.7 Å². The van der Waals surface area contributed by atoms with Crippen LogP contribution in [-0.2, 0) is 6.54 Å². The van der Waals surface area contributed by atoms with Crippen LogP contribution >= 0.6 is 15.9 Å². The van der Waals surface area contributed by atoms with Crippen molar-refractivity contribution >= 4 is 15.9 Å². The fourth-order valence-electron chi connectivity index (χ4n) is 3.30. The van der Waals surface area contributed by atoms with Crippen LogP contribution < -0.4 is 5.73 Å². The topological polar surface area (TPSA) is 29.3 Å². The Morgan fingerprint density at radius 2 is 1.91 bits per heavy atom. The van der Waals surface area contributed by atoms with E-state index < -0.39 is 0 Å². The minimum absolute atomic E-state index is 0.202. The molecule has 1 saturated heterocycles. The van der Waals surface area contributed by atoms with Crippen LogP contribution in [0.25, 0.3) is 0 Å². The smallest absolute Gasteiger partial charge is 0.137 e. The van der Waals surface area contributed by atoms with Crippen molar-refractivity contribution in [2.45, 2.75) is 12.5 Å². The number of rotatable bonds is 4. The second-order valence-corrected chi connectivity index (χ2v) is 6.81. The zero-order chi connectivity index (χ0) is 15.5. The Labute approximate surface area is 139 Å². The normalized spacial score (nSPS) is 22.1. The number of benzene rings is 2.